The van der Waals surface area contributed by atoms with Gasteiger partial charge in [-0.25, -0.2) is 0 Å². The van der Waals surface area contributed by atoms with Gasteiger partial charge in [-0.1, -0.05) is 31.1 Å². The third-order valence-corrected chi connectivity index (χ3v) is 4.36. The normalized spacial score (nSPS) is 20.2. The minimum atomic E-state index is -0.305. The summed E-state index contributed by atoms with van der Waals surface area (Å²) in [6.07, 6.45) is 0.344. The van der Waals surface area contributed by atoms with Gasteiger partial charge in [0.05, 0.1) is 24.9 Å². The first-order chi connectivity index (χ1) is 12.6. The number of hydrogen-bond donors (Lipinski definition) is 2. The molecule has 1 amide bonds. The van der Waals surface area contributed by atoms with Gasteiger partial charge in [0, 0.05) is 12.7 Å². The lowest BCUT2D eigenvalue weighted by molar-refractivity contribution is -0.0138. The number of ether oxygens (including phenoxy) is 2. The third kappa shape index (κ3) is 4.42. The molecule has 1 fully saturated rings. The Kier molecular flexibility index (Phi) is 5.90. The molecule has 0 radical (unpaired) electrons. The number of benzene rings is 1. The molecule has 0 unspecified atom stereocenters. The van der Waals surface area contributed by atoms with E-state index < -0.39 is 0 Å². The van der Waals surface area contributed by atoms with Crippen LogP contribution in [-0.4, -0.2) is 41.5 Å². The maximum absolute atomic E-state index is 12.5. The van der Waals surface area contributed by atoms with E-state index in [9.17, 15) is 4.79 Å². The average molecular weight is 360 g/mol. The highest BCUT2D eigenvalue weighted by Gasteiger charge is 2.30. The standard InChI is InChI=1S/C19H24N2O5/c1-12(2)16-9-17(26-21-16)19(23)20-15-7-8-24-11-18(15)25-14-5-3-13(10-22)4-6-14/h3-6,9,12,15,18,22H,7-8,10-11H2,1-2H3,(H,20,23)/t15-,18-/m1/s1. The zero-order valence-corrected chi connectivity index (χ0v) is 15.0. The number of nitrogens with one attached hydrogen (secondary N) is 1. The molecule has 0 saturated carbocycles. The molecule has 1 aliphatic heterocycles. The van der Waals surface area contributed by atoms with E-state index in [0.29, 0.717) is 25.4 Å². The molecule has 2 N–H and O–H groups in total. The lowest BCUT2D eigenvalue weighted by Crippen LogP contribution is -2.51. The van der Waals surface area contributed by atoms with Crippen LogP contribution in [-0.2, 0) is 11.3 Å². The zero-order valence-electron chi connectivity index (χ0n) is 15.0. The van der Waals surface area contributed by atoms with Crippen LogP contribution in [0.15, 0.2) is 34.9 Å². The molecule has 0 aliphatic carbocycles. The SMILES string of the molecule is CC(C)c1cc(C(=O)N[C@@H]2CCOC[C@H]2Oc2ccc(CO)cc2)on1. The van der Waals surface area contributed by atoms with Crippen molar-refractivity contribution in [2.75, 3.05) is 13.2 Å². The second kappa shape index (κ2) is 8.33. The molecule has 3 rings (SSSR count). The minimum Gasteiger partial charge on any atom is -0.486 e. The van der Waals surface area contributed by atoms with Crippen molar-refractivity contribution in [3.63, 3.8) is 0 Å². The van der Waals surface area contributed by atoms with E-state index in [0.717, 1.165) is 11.3 Å². The van der Waals surface area contributed by atoms with Crippen LogP contribution >= 0.6 is 0 Å². The molecule has 26 heavy (non-hydrogen) atoms. The van der Waals surface area contributed by atoms with E-state index in [1.807, 2.05) is 13.8 Å². The number of amides is 1. The van der Waals surface area contributed by atoms with E-state index >= 15 is 0 Å². The number of aliphatic hydroxyl groups excluding tert-OH is 1. The largest absolute Gasteiger partial charge is 0.486 e. The van der Waals surface area contributed by atoms with Gasteiger partial charge >= 0.3 is 0 Å². The molecule has 7 heteroatoms. The van der Waals surface area contributed by atoms with E-state index in [2.05, 4.69) is 10.5 Å². The van der Waals surface area contributed by atoms with Crippen molar-refractivity contribution < 1.29 is 23.9 Å². The number of nitrogens with zero attached hydrogens (tertiary/aromatic N) is 1. The van der Waals surface area contributed by atoms with Crippen LogP contribution in [0.5, 0.6) is 5.75 Å². The smallest absolute Gasteiger partial charge is 0.290 e. The lowest BCUT2D eigenvalue weighted by Gasteiger charge is -2.32. The monoisotopic (exact) mass is 360 g/mol. The Morgan fingerprint density at radius 2 is 2.15 bits per heavy atom. The van der Waals surface area contributed by atoms with Gasteiger partial charge in [0.1, 0.15) is 11.9 Å². The molecule has 2 aromatic rings. The molecular formula is C19H24N2O5. The summed E-state index contributed by atoms with van der Waals surface area (Å²) in [7, 11) is 0. The fourth-order valence-electron chi connectivity index (χ4n) is 2.75. The molecule has 1 aliphatic rings. The summed E-state index contributed by atoms with van der Waals surface area (Å²) in [5, 5.41) is 16.0. The Morgan fingerprint density at radius 1 is 1.38 bits per heavy atom. The van der Waals surface area contributed by atoms with Crippen molar-refractivity contribution >= 4 is 5.91 Å². The predicted octanol–water partition coefficient (Wildman–Crippen LogP) is 2.26. The maximum Gasteiger partial charge on any atom is 0.290 e. The van der Waals surface area contributed by atoms with Crippen LogP contribution in [0, 0.1) is 0 Å². The molecule has 2 heterocycles. The number of carbonyl (C=O) groups is 1. The second-order valence-corrected chi connectivity index (χ2v) is 6.67. The number of hydrogen-bond acceptors (Lipinski definition) is 6. The fraction of sp³-hybridized carbons (Fsp3) is 0.474. The van der Waals surface area contributed by atoms with Crippen molar-refractivity contribution in [2.24, 2.45) is 0 Å². The summed E-state index contributed by atoms with van der Waals surface area (Å²) in [4.78, 5) is 12.5. The number of aromatic nitrogens is 1. The van der Waals surface area contributed by atoms with Gasteiger partial charge in [-0.3, -0.25) is 4.79 Å². The Labute approximate surface area is 152 Å². The van der Waals surface area contributed by atoms with E-state index in [4.69, 9.17) is 19.1 Å². The predicted molar refractivity (Wildman–Crippen MR) is 94.1 cm³/mol. The lowest BCUT2D eigenvalue weighted by atomic mass is 10.1. The molecule has 2 atom stereocenters. The van der Waals surface area contributed by atoms with Crippen LogP contribution in [0.2, 0.25) is 0 Å². The van der Waals surface area contributed by atoms with Crippen LogP contribution in [0.4, 0.5) is 0 Å². The topological polar surface area (TPSA) is 93.8 Å². The molecule has 140 valence electrons. The maximum atomic E-state index is 12.5. The Hall–Kier alpha value is -2.38. The molecule has 1 saturated heterocycles. The minimum absolute atomic E-state index is 0.0128. The van der Waals surface area contributed by atoms with Crippen LogP contribution in [0.3, 0.4) is 0 Å². The van der Waals surface area contributed by atoms with Gasteiger partial charge in [-0.05, 0) is 30.0 Å². The first-order valence-corrected chi connectivity index (χ1v) is 8.78. The third-order valence-electron chi connectivity index (χ3n) is 4.36. The van der Waals surface area contributed by atoms with E-state index in [-0.39, 0.29) is 36.3 Å². The molecule has 7 nitrogen and oxygen atoms in total. The molecule has 0 bridgehead atoms. The molecule has 1 aromatic carbocycles. The van der Waals surface area contributed by atoms with Crippen molar-refractivity contribution in [1.82, 2.24) is 10.5 Å². The highest BCUT2D eigenvalue weighted by molar-refractivity contribution is 5.91. The van der Waals surface area contributed by atoms with E-state index in [1.54, 1.807) is 30.3 Å². The van der Waals surface area contributed by atoms with Gasteiger partial charge < -0.3 is 24.4 Å². The van der Waals surface area contributed by atoms with Crippen molar-refractivity contribution in [3.05, 3.63) is 47.3 Å². The second-order valence-electron chi connectivity index (χ2n) is 6.67. The average Bonchev–Trinajstić information content (AvgIpc) is 3.15. The quantitative estimate of drug-likeness (QED) is 0.821. The first-order valence-electron chi connectivity index (χ1n) is 8.78. The molecule has 0 spiro atoms. The van der Waals surface area contributed by atoms with Crippen molar-refractivity contribution in [3.8, 4) is 5.75 Å². The number of carbonyl (C=O) groups excluding carboxylic acids is 1. The number of rotatable bonds is 6. The van der Waals surface area contributed by atoms with Crippen LogP contribution in [0.25, 0.3) is 0 Å². The van der Waals surface area contributed by atoms with Gasteiger partial charge in [0.2, 0.25) is 5.76 Å². The summed E-state index contributed by atoms with van der Waals surface area (Å²) < 4.78 is 16.6. The molecule has 1 aromatic heterocycles. The van der Waals surface area contributed by atoms with Crippen molar-refractivity contribution in [2.45, 2.75) is 44.9 Å². The van der Waals surface area contributed by atoms with Crippen molar-refractivity contribution in [1.29, 1.82) is 0 Å². The highest BCUT2D eigenvalue weighted by Crippen LogP contribution is 2.20. The summed E-state index contributed by atoms with van der Waals surface area (Å²) in [5.74, 6) is 0.756. The fourth-order valence-corrected chi connectivity index (χ4v) is 2.75. The Balaban J connectivity index is 1.64. The summed E-state index contributed by atoms with van der Waals surface area (Å²) in [5.41, 5.74) is 1.56. The highest BCUT2D eigenvalue weighted by atomic mass is 16.5. The van der Waals surface area contributed by atoms with E-state index in [1.165, 1.54) is 0 Å². The van der Waals surface area contributed by atoms with Crippen LogP contribution in [0.1, 0.15) is 48.0 Å². The van der Waals surface area contributed by atoms with Crippen LogP contribution < -0.4 is 10.1 Å². The number of aliphatic hydroxyl groups is 1. The summed E-state index contributed by atoms with van der Waals surface area (Å²) >= 11 is 0. The van der Waals surface area contributed by atoms with Gasteiger partial charge in [0.25, 0.3) is 5.91 Å². The summed E-state index contributed by atoms with van der Waals surface area (Å²) in [6.45, 7) is 4.91. The van der Waals surface area contributed by atoms with Gasteiger partial charge in [-0.2, -0.15) is 0 Å². The van der Waals surface area contributed by atoms with Gasteiger partial charge in [0.15, 0.2) is 0 Å². The first kappa shape index (κ1) is 18.4. The Morgan fingerprint density at radius 3 is 2.81 bits per heavy atom. The molecular weight excluding hydrogens is 336 g/mol. The Bertz CT molecular complexity index is 726. The van der Waals surface area contributed by atoms with Gasteiger partial charge in [-0.15, -0.1) is 0 Å². The summed E-state index contributed by atoms with van der Waals surface area (Å²) in [6, 6.07) is 8.67. The zero-order chi connectivity index (χ0) is 18.5.